The second-order valence-corrected chi connectivity index (χ2v) is 8.05. The Kier molecular flexibility index (Phi) is 7.33. The molecule has 6 nitrogen and oxygen atoms in total. The van der Waals surface area contributed by atoms with Crippen LogP contribution in [0, 0.1) is 0 Å². The molecule has 1 aliphatic heterocycles. The van der Waals surface area contributed by atoms with Crippen molar-refractivity contribution in [3.63, 3.8) is 0 Å². The van der Waals surface area contributed by atoms with Crippen molar-refractivity contribution in [3.8, 4) is 11.5 Å². The molecule has 0 saturated carbocycles. The van der Waals surface area contributed by atoms with Gasteiger partial charge < -0.3 is 15.4 Å². The van der Waals surface area contributed by atoms with Crippen LogP contribution in [0.1, 0.15) is 35.7 Å². The summed E-state index contributed by atoms with van der Waals surface area (Å²) in [6.45, 7) is 3.16. The Bertz CT molecular complexity index is 1240. The summed E-state index contributed by atoms with van der Waals surface area (Å²) in [4.78, 5) is 21.1. The molecular formula is C26H25F3N4O2. The third-order valence-electron chi connectivity index (χ3n) is 5.50. The van der Waals surface area contributed by atoms with E-state index in [0.717, 1.165) is 24.0 Å². The van der Waals surface area contributed by atoms with E-state index in [1.807, 2.05) is 24.3 Å². The lowest BCUT2D eigenvalue weighted by atomic mass is 10.0. The van der Waals surface area contributed by atoms with Gasteiger partial charge in [-0.2, -0.15) is 13.2 Å². The minimum absolute atomic E-state index is 0.116. The number of nitrogens with zero attached hydrogens (tertiary/aromatic N) is 2. The van der Waals surface area contributed by atoms with Crippen molar-refractivity contribution in [2.24, 2.45) is 4.99 Å². The summed E-state index contributed by atoms with van der Waals surface area (Å²) in [6, 6.07) is 14.8. The molecule has 0 aliphatic carbocycles. The van der Waals surface area contributed by atoms with E-state index in [0.29, 0.717) is 30.2 Å². The molecule has 0 unspecified atom stereocenters. The molecule has 0 spiro atoms. The van der Waals surface area contributed by atoms with E-state index in [2.05, 4.69) is 20.6 Å². The molecule has 2 aromatic carbocycles. The molecule has 0 atom stereocenters. The smallest absolute Gasteiger partial charge is 0.416 e. The number of ether oxygens (including phenoxy) is 1. The maximum atomic E-state index is 13.3. The van der Waals surface area contributed by atoms with Gasteiger partial charge >= 0.3 is 6.18 Å². The Morgan fingerprint density at radius 1 is 1.11 bits per heavy atom. The van der Waals surface area contributed by atoms with Gasteiger partial charge in [-0.15, -0.1) is 0 Å². The van der Waals surface area contributed by atoms with Crippen LogP contribution in [0.15, 0.2) is 65.8 Å². The monoisotopic (exact) mass is 482 g/mol. The van der Waals surface area contributed by atoms with E-state index in [-0.39, 0.29) is 30.0 Å². The van der Waals surface area contributed by atoms with Gasteiger partial charge in [-0.05, 0) is 54.3 Å². The molecule has 4 rings (SSSR count). The summed E-state index contributed by atoms with van der Waals surface area (Å²) in [6.07, 6.45) is -2.04. The van der Waals surface area contributed by atoms with E-state index in [9.17, 15) is 18.0 Å². The van der Waals surface area contributed by atoms with Crippen LogP contribution >= 0.6 is 0 Å². The topological polar surface area (TPSA) is 75.6 Å². The Morgan fingerprint density at radius 2 is 1.94 bits per heavy atom. The van der Waals surface area contributed by atoms with Crippen molar-refractivity contribution in [3.05, 3.63) is 83.2 Å². The number of hydrogen-bond donors (Lipinski definition) is 2. The van der Waals surface area contributed by atoms with Gasteiger partial charge in [0.1, 0.15) is 23.0 Å². The minimum Gasteiger partial charge on any atom is -0.457 e. The maximum Gasteiger partial charge on any atom is 0.416 e. The van der Waals surface area contributed by atoms with Crippen molar-refractivity contribution in [2.45, 2.75) is 32.4 Å². The van der Waals surface area contributed by atoms with Crippen molar-refractivity contribution in [1.29, 1.82) is 0 Å². The number of halogens is 3. The van der Waals surface area contributed by atoms with Crippen LogP contribution in [-0.2, 0) is 23.8 Å². The first-order valence-electron chi connectivity index (χ1n) is 11.3. The second-order valence-electron chi connectivity index (χ2n) is 8.05. The van der Waals surface area contributed by atoms with E-state index in [4.69, 9.17) is 4.74 Å². The number of anilines is 1. The standard InChI is InChI=1S/C26H25F3N4O2/c1-2-18-7-8-19(15-22(18)26(27,28)29)33-24(34)9-6-17-4-3-5-20(14-17)35-21-10-11-30-23(16-21)25-31-12-13-32-25/h3-5,7-8,10-11,14-16H,2,6,9,12-13H2,1H3,(H,31,32)(H,33,34). The summed E-state index contributed by atoms with van der Waals surface area (Å²) < 4.78 is 45.8. The molecule has 0 saturated heterocycles. The van der Waals surface area contributed by atoms with Crippen LogP contribution in [-0.4, -0.2) is 29.8 Å². The molecule has 3 aromatic rings. The predicted molar refractivity (Wildman–Crippen MR) is 128 cm³/mol. The number of hydrogen-bond acceptors (Lipinski definition) is 5. The fourth-order valence-corrected chi connectivity index (χ4v) is 3.78. The number of aryl methyl sites for hydroxylation is 2. The number of carbonyl (C=O) groups excluding carboxylic acids is 1. The first-order valence-corrected chi connectivity index (χ1v) is 11.3. The van der Waals surface area contributed by atoms with Gasteiger partial charge in [-0.25, -0.2) is 0 Å². The van der Waals surface area contributed by atoms with Crippen molar-refractivity contribution >= 4 is 17.4 Å². The largest absolute Gasteiger partial charge is 0.457 e. The van der Waals surface area contributed by atoms with Crippen molar-refractivity contribution < 1.29 is 22.7 Å². The maximum absolute atomic E-state index is 13.3. The molecular weight excluding hydrogens is 457 g/mol. The zero-order valence-electron chi connectivity index (χ0n) is 19.2. The van der Waals surface area contributed by atoms with Crippen LogP contribution in [0.3, 0.4) is 0 Å². The minimum atomic E-state index is -4.47. The van der Waals surface area contributed by atoms with Gasteiger partial charge in [-0.3, -0.25) is 14.8 Å². The normalized spacial score (nSPS) is 13.2. The van der Waals surface area contributed by atoms with Crippen LogP contribution in [0.25, 0.3) is 0 Å². The fraction of sp³-hybridized carbons (Fsp3) is 0.269. The summed E-state index contributed by atoms with van der Waals surface area (Å²) in [5.74, 6) is 1.59. The molecule has 1 amide bonds. The molecule has 0 fully saturated rings. The number of amidine groups is 1. The predicted octanol–water partition coefficient (Wildman–Crippen LogP) is 5.38. The van der Waals surface area contributed by atoms with E-state index in [1.54, 1.807) is 25.3 Å². The summed E-state index contributed by atoms with van der Waals surface area (Å²) >= 11 is 0. The zero-order chi connectivity index (χ0) is 24.8. The second kappa shape index (κ2) is 10.6. The number of benzene rings is 2. The van der Waals surface area contributed by atoms with E-state index in [1.165, 1.54) is 12.1 Å². The van der Waals surface area contributed by atoms with Gasteiger partial charge in [0.05, 0.1) is 12.1 Å². The molecule has 2 heterocycles. The van der Waals surface area contributed by atoms with Gasteiger partial charge in [-0.1, -0.05) is 25.1 Å². The van der Waals surface area contributed by atoms with Gasteiger partial charge in [0.15, 0.2) is 0 Å². The SMILES string of the molecule is CCc1ccc(NC(=O)CCc2cccc(Oc3ccnc(C4=NCCN4)c3)c2)cc1C(F)(F)F. The molecule has 1 aliphatic rings. The highest BCUT2D eigenvalue weighted by molar-refractivity contribution is 5.98. The third-order valence-corrected chi connectivity index (χ3v) is 5.50. The quantitative estimate of drug-likeness (QED) is 0.452. The average molecular weight is 483 g/mol. The molecule has 0 radical (unpaired) electrons. The number of alkyl halides is 3. The lowest BCUT2D eigenvalue weighted by molar-refractivity contribution is -0.138. The third kappa shape index (κ3) is 6.38. The Balaban J connectivity index is 1.36. The summed E-state index contributed by atoms with van der Waals surface area (Å²) in [5, 5.41) is 5.74. The van der Waals surface area contributed by atoms with Crippen LogP contribution in [0.2, 0.25) is 0 Å². The van der Waals surface area contributed by atoms with Crippen LogP contribution < -0.4 is 15.4 Å². The van der Waals surface area contributed by atoms with Gasteiger partial charge in [0.2, 0.25) is 5.91 Å². The molecule has 2 N–H and O–H groups in total. The number of amides is 1. The van der Waals surface area contributed by atoms with Crippen LogP contribution in [0.4, 0.5) is 18.9 Å². The van der Waals surface area contributed by atoms with Crippen molar-refractivity contribution in [2.75, 3.05) is 18.4 Å². The van der Waals surface area contributed by atoms with Gasteiger partial charge in [0, 0.05) is 30.9 Å². The number of aliphatic imine (C=N–C) groups is 1. The summed E-state index contributed by atoms with van der Waals surface area (Å²) in [5.41, 5.74) is 1.17. The molecule has 1 aromatic heterocycles. The first-order chi connectivity index (χ1) is 16.8. The highest BCUT2D eigenvalue weighted by Gasteiger charge is 2.33. The molecule has 182 valence electrons. The summed E-state index contributed by atoms with van der Waals surface area (Å²) in [7, 11) is 0. The number of carbonyl (C=O) groups is 1. The Morgan fingerprint density at radius 3 is 2.69 bits per heavy atom. The van der Waals surface area contributed by atoms with Gasteiger partial charge in [0.25, 0.3) is 0 Å². The van der Waals surface area contributed by atoms with E-state index >= 15 is 0 Å². The highest BCUT2D eigenvalue weighted by Crippen LogP contribution is 2.34. The van der Waals surface area contributed by atoms with Crippen molar-refractivity contribution in [1.82, 2.24) is 10.3 Å². The Labute approximate surface area is 201 Å². The molecule has 35 heavy (non-hydrogen) atoms. The average Bonchev–Trinajstić information content (AvgIpc) is 3.38. The fourth-order valence-electron chi connectivity index (χ4n) is 3.78. The van der Waals surface area contributed by atoms with Crippen LogP contribution in [0.5, 0.6) is 11.5 Å². The number of aromatic nitrogens is 1. The number of pyridine rings is 1. The highest BCUT2D eigenvalue weighted by atomic mass is 19.4. The Hall–Kier alpha value is -3.88. The zero-order valence-corrected chi connectivity index (χ0v) is 19.2. The van der Waals surface area contributed by atoms with E-state index < -0.39 is 11.7 Å². The first kappa shape index (κ1) is 24.3. The molecule has 0 bridgehead atoms. The lowest BCUT2D eigenvalue weighted by Gasteiger charge is -2.14. The molecule has 9 heteroatoms. The lowest BCUT2D eigenvalue weighted by Crippen LogP contribution is -2.20. The number of nitrogens with one attached hydrogen (secondary N) is 2. The number of rotatable bonds is 8.